The fourth-order valence-corrected chi connectivity index (χ4v) is 3.90. The number of hydrogen-bond acceptors (Lipinski definition) is 6. The van der Waals surface area contributed by atoms with Gasteiger partial charge in [-0.15, -0.1) is 5.10 Å². The number of piperidine rings is 1. The molecule has 34 heavy (non-hydrogen) atoms. The lowest BCUT2D eigenvalue weighted by Crippen LogP contribution is -2.39. The van der Waals surface area contributed by atoms with Crippen molar-refractivity contribution in [2.75, 3.05) is 23.3 Å². The smallest absolute Gasteiger partial charge is 0.356 e. The van der Waals surface area contributed by atoms with Crippen LogP contribution in [0, 0.1) is 11.6 Å². The summed E-state index contributed by atoms with van der Waals surface area (Å²) >= 11 is 0. The summed E-state index contributed by atoms with van der Waals surface area (Å²) in [6.07, 6.45) is -0.604. The van der Waals surface area contributed by atoms with E-state index in [1.54, 1.807) is 27.7 Å². The molecule has 7 nitrogen and oxygen atoms in total. The van der Waals surface area contributed by atoms with Gasteiger partial charge in [-0.25, -0.2) is 23.3 Å². The average Bonchev–Trinajstić information content (AvgIpc) is 3.22. The van der Waals surface area contributed by atoms with Gasteiger partial charge in [-0.3, -0.25) is 0 Å². The summed E-state index contributed by atoms with van der Waals surface area (Å²) in [7, 11) is 0. The molecule has 4 aromatic rings. The monoisotopic (exact) mass is 475 g/mol. The SMILES string of the molecule is Fc1ccc(-c2ccc3nc(NC4CCN(c5cc(C(F)(F)F)ncn5)CC4)nn3c2)cc1F. The van der Waals surface area contributed by atoms with Crippen LogP contribution in [0.3, 0.4) is 0 Å². The molecular formula is C22H18F5N7. The molecule has 0 amide bonds. The molecule has 12 heteroatoms. The van der Waals surface area contributed by atoms with E-state index < -0.39 is 23.5 Å². The molecule has 1 aliphatic rings. The maximum Gasteiger partial charge on any atom is 0.433 e. The molecule has 0 bridgehead atoms. The van der Waals surface area contributed by atoms with Gasteiger partial charge in [0.25, 0.3) is 0 Å². The first-order chi connectivity index (χ1) is 16.3. The molecule has 4 heterocycles. The Morgan fingerprint density at radius 1 is 0.912 bits per heavy atom. The highest BCUT2D eigenvalue weighted by Crippen LogP contribution is 2.30. The number of nitrogens with one attached hydrogen (secondary N) is 1. The molecule has 3 aromatic heterocycles. The minimum atomic E-state index is -4.52. The Bertz CT molecular complexity index is 1330. The Labute approximate surface area is 190 Å². The Hall–Kier alpha value is -3.83. The van der Waals surface area contributed by atoms with E-state index in [-0.39, 0.29) is 11.9 Å². The third-order valence-corrected chi connectivity index (χ3v) is 5.68. The van der Waals surface area contributed by atoms with Gasteiger partial charge in [0.05, 0.1) is 0 Å². The Balaban J connectivity index is 1.25. The van der Waals surface area contributed by atoms with E-state index in [9.17, 15) is 22.0 Å². The molecule has 176 valence electrons. The topological polar surface area (TPSA) is 71.2 Å². The number of hydrogen-bond donors (Lipinski definition) is 1. The van der Waals surface area contributed by atoms with Gasteiger partial charge >= 0.3 is 6.18 Å². The van der Waals surface area contributed by atoms with E-state index in [1.807, 2.05) is 0 Å². The van der Waals surface area contributed by atoms with Crippen LogP contribution < -0.4 is 10.2 Å². The number of alkyl halides is 3. The van der Waals surface area contributed by atoms with Crippen LogP contribution in [0.5, 0.6) is 0 Å². The number of pyridine rings is 1. The zero-order valence-corrected chi connectivity index (χ0v) is 17.6. The molecule has 1 fully saturated rings. The second-order valence-electron chi connectivity index (χ2n) is 7.95. The van der Waals surface area contributed by atoms with E-state index in [2.05, 4.69) is 25.4 Å². The number of rotatable bonds is 4. The first kappa shape index (κ1) is 22.0. The second kappa shape index (κ2) is 8.50. The van der Waals surface area contributed by atoms with Crippen LogP contribution in [0.1, 0.15) is 18.5 Å². The summed E-state index contributed by atoms with van der Waals surface area (Å²) in [4.78, 5) is 13.5. The Kier molecular flexibility index (Phi) is 5.50. The summed E-state index contributed by atoms with van der Waals surface area (Å²) in [5.41, 5.74) is 0.775. The van der Waals surface area contributed by atoms with Gasteiger partial charge in [0, 0.05) is 37.0 Å². The van der Waals surface area contributed by atoms with E-state index in [0.29, 0.717) is 48.7 Å². The predicted molar refractivity (Wildman–Crippen MR) is 114 cm³/mol. The minimum absolute atomic E-state index is 0.0308. The molecule has 0 unspecified atom stereocenters. The first-order valence-electron chi connectivity index (χ1n) is 10.5. The normalized spacial score (nSPS) is 15.1. The Morgan fingerprint density at radius 3 is 2.41 bits per heavy atom. The molecule has 0 spiro atoms. The highest BCUT2D eigenvalue weighted by Gasteiger charge is 2.33. The van der Waals surface area contributed by atoms with Crippen molar-refractivity contribution in [3.05, 3.63) is 66.3 Å². The Morgan fingerprint density at radius 2 is 1.68 bits per heavy atom. The van der Waals surface area contributed by atoms with Gasteiger partial charge < -0.3 is 10.2 Å². The van der Waals surface area contributed by atoms with Crippen LogP contribution in [0.25, 0.3) is 16.8 Å². The first-order valence-corrected chi connectivity index (χ1v) is 10.5. The van der Waals surface area contributed by atoms with Crippen LogP contribution in [-0.2, 0) is 6.18 Å². The number of halogens is 5. The molecule has 1 N–H and O–H groups in total. The lowest BCUT2D eigenvalue weighted by atomic mass is 10.1. The third-order valence-electron chi connectivity index (χ3n) is 5.68. The van der Waals surface area contributed by atoms with Crippen LogP contribution >= 0.6 is 0 Å². The molecule has 0 saturated carbocycles. The summed E-state index contributed by atoms with van der Waals surface area (Å²) in [5, 5.41) is 7.68. The highest BCUT2D eigenvalue weighted by atomic mass is 19.4. The average molecular weight is 475 g/mol. The predicted octanol–water partition coefficient (Wildman–Crippen LogP) is 4.56. The summed E-state index contributed by atoms with van der Waals surface area (Å²) in [5.74, 6) is -1.19. The highest BCUT2D eigenvalue weighted by molar-refractivity contribution is 5.64. The summed E-state index contributed by atoms with van der Waals surface area (Å²) < 4.78 is 67.1. The number of anilines is 2. The minimum Gasteiger partial charge on any atom is -0.356 e. The second-order valence-corrected chi connectivity index (χ2v) is 7.95. The van der Waals surface area contributed by atoms with Crippen molar-refractivity contribution in [2.45, 2.75) is 25.1 Å². The van der Waals surface area contributed by atoms with E-state index in [4.69, 9.17) is 0 Å². The number of aromatic nitrogens is 5. The lowest BCUT2D eigenvalue weighted by Gasteiger charge is -2.33. The van der Waals surface area contributed by atoms with Crippen molar-refractivity contribution < 1.29 is 22.0 Å². The van der Waals surface area contributed by atoms with Crippen molar-refractivity contribution in [2.24, 2.45) is 0 Å². The van der Waals surface area contributed by atoms with Gasteiger partial charge in [0.2, 0.25) is 5.95 Å². The molecule has 1 aliphatic heterocycles. The van der Waals surface area contributed by atoms with Crippen molar-refractivity contribution >= 4 is 17.4 Å². The van der Waals surface area contributed by atoms with Crippen LogP contribution in [0.4, 0.5) is 33.7 Å². The van der Waals surface area contributed by atoms with E-state index in [0.717, 1.165) is 24.5 Å². The molecule has 1 saturated heterocycles. The van der Waals surface area contributed by atoms with Gasteiger partial charge in [0.1, 0.15) is 17.8 Å². The van der Waals surface area contributed by atoms with Crippen molar-refractivity contribution in [1.29, 1.82) is 0 Å². The van der Waals surface area contributed by atoms with Gasteiger partial charge in [-0.2, -0.15) is 18.2 Å². The summed E-state index contributed by atoms with van der Waals surface area (Å²) in [6.45, 7) is 1.03. The molecule has 1 aromatic carbocycles. The maximum absolute atomic E-state index is 13.6. The van der Waals surface area contributed by atoms with Gasteiger partial charge in [-0.05, 0) is 42.7 Å². The van der Waals surface area contributed by atoms with Crippen molar-refractivity contribution in [3.63, 3.8) is 0 Å². The standard InChI is InChI=1S/C22H18F5N7/c23-16-3-1-13(9-17(16)24)14-2-4-19-31-21(32-34(19)11-14)30-15-5-7-33(8-6-15)20-10-18(22(25,26)27)28-12-29-20/h1-4,9-12,15H,5-8H2,(H,30,32). The van der Waals surface area contributed by atoms with E-state index in [1.165, 1.54) is 6.07 Å². The number of fused-ring (bicyclic) bond motifs is 1. The lowest BCUT2D eigenvalue weighted by molar-refractivity contribution is -0.141. The molecule has 0 aliphatic carbocycles. The third kappa shape index (κ3) is 4.47. The van der Waals surface area contributed by atoms with Crippen molar-refractivity contribution in [1.82, 2.24) is 24.6 Å². The number of nitrogens with zero attached hydrogens (tertiary/aromatic N) is 6. The maximum atomic E-state index is 13.6. The fraction of sp³-hybridized carbons (Fsp3) is 0.273. The molecular weight excluding hydrogens is 457 g/mol. The quantitative estimate of drug-likeness (QED) is 0.437. The van der Waals surface area contributed by atoms with Crippen LogP contribution in [-0.4, -0.2) is 43.7 Å². The van der Waals surface area contributed by atoms with Crippen molar-refractivity contribution in [3.8, 4) is 11.1 Å². The largest absolute Gasteiger partial charge is 0.433 e. The van der Waals surface area contributed by atoms with Crippen LogP contribution in [0.15, 0.2) is 48.9 Å². The van der Waals surface area contributed by atoms with E-state index >= 15 is 0 Å². The van der Waals surface area contributed by atoms with Gasteiger partial charge in [-0.1, -0.05) is 6.07 Å². The van der Waals surface area contributed by atoms with Gasteiger partial charge in [0.15, 0.2) is 17.3 Å². The zero-order valence-electron chi connectivity index (χ0n) is 17.6. The van der Waals surface area contributed by atoms with Crippen LogP contribution in [0.2, 0.25) is 0 Å². The molecule has 0 radical (unpaired) electrons. The number of benzene rings is 1. The molecule has 0 atom stereocenters. The zero-order chi connectivity index (χ0) is 23.9. The molecule has 5 rings (SSSR count). The summed E-state index contributed by atoms with van der Waals surface area (Å²) in [6, 6.07) is 8.14. The fourth-order valence-electron chi connectivity index (χ4n) is 3.90.